The summed E-state index contributed by atoms with van der Waals surface area (Å²) in [6.07, 6.45) is 1.30. The largest absolute Gasteiger partial charge is 0.338 e. The summed E-state index contributed by atoms with van der Waals surface area (Å²) in [5.41, 5.74) is 6.48. The molecular formula is C13H15F2N5. The number of anilines is 1. The molecule has 106 valence electrons. The van der Waals surface area contributed by atoms with Crippen molar-refractivity contribution in [1.29, 1.82) is 0 Å². The molecule has 3 N–H and O–H groups in total. The molecule has 20 heavy (non-hydrogen) atoms. The first-order chi connectivity index (χ1) is 9.61. The van der Waals surface area contributed by atoms with Gasteiger partial charge >= 0.3 is 0 Å². The van der Waals surface area contributed by atoms with E-state index in [1.54, 1.807) is 0 Å². The Bertz CT molecular complexity index is 613. The van der Waals surface area contributed by atoms with Crippen LogP contribution in [0.5, 0.6) is 0 Å². The van der Waals surface area contributed by atoms with Crippen LogP contribution in [0.25, 0.3) is 0 Å². The predicted molar refractivity (Wildman–Crippen MR) is 70.4 cm³/mol. The number of rotatable bonds is 3. The van der Waals surface area contributed by atoms with Crippen LogP contribution in [0.4, 0.5) is 14.7 Å². The van der Waals surface area contributed by atoms with Crippen molar-refractivity contribution in [3.8, 4) is 0 Å². The number of hydrogen-bond donors (Lipinski definition) is 2. The van der Waals surface area contributed by atoms with Crippen LogP contribution in [0.1, 0.15) is 17.8 Å². The number of nitrogens with zero attached hydrogens (tertiary/aromatic N) is 3. The van der Waals surface area contributed by atoms with E-state index in [4.69, 9.17) is 5.73 Å². The number of hydrogen-bond acceptors (Lipinski definition) is 4. The highest BCUT2D eigenvalue weighted by atomic mass is 19.2. The van der Waals surface area contributed by atoms with E-state index in [2.05, 4.69) is 15.2 Å². The summed E-state index contributed by atoms with van der Waals surface area (Å²) in [6, 6.07) is 3.97. The molecule has 0 amide bonds. The van der Waals surface area contributed by atoms with Crippen molar-refractivity contribution in [1.82, 2.24) is 15.2 Å². The zero-order valence-electron chi connectivity index (χ0n) is 10.8. The Morgan fingerprint density at radius 1 is 1.35 bits per heavy atom. The molecule has 1 aliphatic heterocycles. The van der Waals surface area contributed by atoms with Gasteiger partial charge in [-0.2, -0.15) is 4.98 Å². The third kappa shape index (κ3) is 2.62. The highest BCUT2D eigenvalue weighted by Crippen LogP contribution is 2.16. The van der Waals surface area contributed by atoms with Crippen LogP contribution in [0.2, 0.25) is 0 Å². The molecule has 1 aliphatic rings. The maximum atomic E-state index is 13.1. The summed E-state index contributed by atoms with van der Waals surface area (Å²) in [5.74, 6) is -0.479. The Morgan fingerprint density at radius 2 is 2.20 bits per heavy atom. The van der Waals surface area contributed by atoms with E-state index in [1.165, 1.54) is 12.1 Å². The van der Waals surface area contributed by atoms with Crippen molar-refractivity contribution < 1.29 is 8.78 Å². The van der Waals surface area contributed by atoms with E-state index in [0.29, 0.717) is 23.8 Å². The molecule has 1 saturated heterocycles. The number of aromatic nitrogens is 3. The zero-order valence-corrected chi connectivity index (χ0v) is 10.8. The number of nitrogens with one attached hydrogen (secondary N) is 1. The SMILES string of the molecule is NC1CCN(c2n[nH]c(Cc3ccc(F)c(F)c3)n2)C1. The quantitative estimate of drug-likeness (QED) is 0.886. The maximum absolute atomic E-state index is 13.1. The molecule has 1 aromatic heterocycles. The summed E-state index contributed by atoms with van der Waals surface area (Å²) >= 11 is 0. The fourth-order valence-electron chi connectivity index (χ4n) is 2.32. The normalized spacial score (nSPS) is 18.8. The van der Waals surface area contributed by atoms with Crippen molar-refractivity contribution in [2.24, 2.45) is 5.73 Å². The average Bonchev–Trinajstić information content (AvgIpc) is 3.03. The molecule has 2 heterocycles. The van der Waals surface area contributed by atoms with Gasteiger partial charge in [-0.25, -0.2) is 8.78 Å². The zero-order chi connectivity index (χ0) is 14.1. The van der Waals surface area contributed by atoms with Gasteiger partial charge in [0.15, 0.2) is 11.6 Å². The van der Waals surface area contributed by atoms with Crippen molar-refractivity contribution in [3.05, 3.63) is 41.2 Å². The second-order valence-electron chi connectivity index (χ2n) is 5.00. The summed E-state index contributed by atoms with van der Waals surface area (Å²) in [5, 5.41) is 6.96. The van der Waals surface area contributed by atoms with Gasteiger partial charge in [0.05, 0.1) is 0 Å². The fraction of sp³-hybridized carbons (Fsp3) is 0.385. The van der Waals surface area contributed by atoms with E-state index >= 15 is 0 Å². The molecule has 0 spiro atoms. The lowest BCUT2D eigenvalue weighted by molar-refractivity contribution is 0.507. The molecule has 1 fully saturated rings. The average molecular weight is 279 g/mol. The topological polar surface area (TPSA) is 70.8 Å². The minimum absolute atomic E-state index is 0.156. The molecular weight excluding hydrogens is 264 g/mol. The smallest absolute Gasteiger partial charge is 0.244 e. The number of aromatic amines is 1. The van der Waals surface area contributed by atoms with Crippen molar-refractivity contribution in [2.75, 3.05) is 18.0 Å². The number of nitrogens with two attached hydrogens (primary N) is 1. The molecule has 7 heteroatoms. The van der Waals surface area contributed by atoms with Gasteiger partial charge < -0.3 is 10.6 Å². The molecule has 1 atom stereocenters. The van der Waals surface area contributed by atoms with Crippen LogP contribution in [0.15, 0.2) is 18.2 Å². The first kappa shape index (κ1) is 13.0. The summed E-state index contributed by atoms with van der Waals surface area (Å²) < 4.78 is 26.0. The number of benzene rings is 1. The number of halogens is 2. The molecule has 0 aliphatic carbocycles. The van der Waals surface area contributed by atoms with Gasteiger partial charge in [-0.05, 0) is 24.1 Å². The first-order valence-corrected chi connectivity index (χ1v) is 6.47. The fourth-order valence-corrected chi connectivity index (χ4v) is 2.32. The second kappa shape index (κ2) is 5.16. The minimum Gasteiger partial charge on any atom is -0.338 e. The first-order valence-electron chi connectivity index (χ1n) is 6.47. The molecule has 1 aromatic carbocycles. The number of H-pyrrole nitrogens is 1. The molecule has 5 nitrogen and oxygen atoms in total. The van der Waals surface area contributed by atoms with Crippen LogP contribution >= 0.6 is 0 Å². The Morgan fingerprint density at radius 3 is 2.90 bits per heavy atom. The van der Waals surface area contributed by atoms with Gasteiger partial charge in [-0.3, -0.25) is 5.10 Å². The highest BCUT2D eigenvalue weighted by Gasteiger charge is 2.22. The van der Waals surface area contributed by atoms with Crippen LogP contribution < -0.4 is 10.6 Å². The molecule has 0 bridgehead atoms. The Balaban J connectivity index is 1.72. The van der Waals surface area contributed by atoms with Gasteiger partial charge in [-0.15, -0.1) is 5.10 Å². The van der Waals surface area contributed by atoms with E-state index in [-0.39, 0.29) is 6.04 Å². The van der Waals surface area contributed by atoms with Crippen molar-refractivity contribution in [3.63, 3.8) is 0 Å². The summed E-state index contributed by atoms with van der Waals surface area (Å²) in [6.45, 7) is 1.58. The van der Waals surface area contributed by atoms with Crippen molar-refractivity contribution >= 4 is 5.95 Å². The van der Waals surface area contributed by atoms with E-state index in [9.17, 15) is 8.78 Å². The van der Waals surface area contributed by atoms with Crippen molar-refractivity contribution in [2.45, 2.75) is 18.9 Å². The van der Waals surface area contributed by atoms with Crippen LogP contribution in [0.3, 0.4) is 0 Å². The molecule has 0 saturated carbocycles. The third-order valence-corrected chi connectivity index (χ3v) is 3.38. The Hall–Kier alpha value is -2.02. The monoisotopic (exact) mass is 279 g/mol. The minimum atomic E-state index is -0.854. The third-order valence-electron chi connectivity index (χ3n) is 3.38. The maximum Gasteiger partial charge on any atom is 0.244 e. The van der Waals surface area contributed by atoms with Gasteiger partial charge in [-0.1, -0.05) is 6.07 Å². The van der Waals surface area contributed by atoms with Gasteiger partial charge in [0.1, 0.15) is 5.82 Å². The van der Waals surface area contributed by atoms with Crippen LogP contribution in [0, 0.1) is 11.6 Å². The second-order valence-corrected chi connectivity index (χ2v) is 5.00. The summed E-state index contributed by atoms with van der Waals surface area (Å²) in [4.78, 5) is 6.37. The van der Waals surface area contributed by atoms with E-state index in [0.717, 1.165) is 25.6 Å². The Labute approximate surface area is 114 Å². The van der Waals surface area contributed by atoms with Crippen LogP contribution in [-0.2, 0) is 6.42 Å². The molecule has 0 radical (unpaired) electrons. The van der Waals surface area contributed by atoms with Gasteiger partial charge in [0, 0.05) is 25.6 Å². The lowest BCUT2D eigenvalue weighted by Gasteiger charge is -2.11. The molecule has 3 rings (SSSR count). The lowest BCUT2D eigenvalue weighted by atomic mass is 10.1. The Kier molecular flexibility index (Phi) is 3.35. The van der Waals surface area contributed by atoms with Crippen LogP contribution in [-0.4, -0.2) is 34.3 Å². The highest BCUT2D eigenvalue weighted by molar-refractivity contribution is 5.32. The predicted octanol–water partition coefficient (Wildman–Crippen LogP) is 1.21. The lowest BCUT2D eigenvalue weighted by Crippen LogP contribution is -2.27. The standard InChI is InChI=1S/C13H15F2N5/c14-10-2-1-8(5-11(10)15)6-12-17-13(19-18-12)20-4-3-9(16)7-20/h1-2,5,9H,3-4,6-7,16H2,(H,17,18,19). The molecule has 1 unspecified atom stereocenters. The molecule has 2 aromatic rings. The van der Waals surface area contributed by atoms with E-state index < -0.39 is 11.6 Å². The summed E-state index contributed by atoms with van der Waals surface area (Å²) in [7, 11) is 0. The van der Waals surface area contributed by atoms with E-state index in [1.807, 2.05) is 4.90 Å². The van der Waals surface area contributed by atoms with Gasteiger partial charge in [0.2, 0.25) is 5.95 Å². The van der Waals surface area contributed by atoms with Gasteiger partial charge in [0.25, 0.3) is 0 Å².